The van der Waals surface area contributed by atoms with E-state index >= 15 is 0 Å². The molecule has 0 aliphatic carbocycles. The number of unbranched alkanes of at least 4 members (excludes halogenated alkanes) is 3. The van der Waals surface area contributed by atoms with Gasteiger partial charge in [0.25, 0.3) is 0 Å². The number of hydrogen-bond acceptors (Lipinski definition) is 2. The molecule has 0 amide bonds. The van der Waals surface area contributed by atoms with Crippen LogP contribution >= 0.6 is 11.8 Å². The van der Waals surface area contributed by atoms with Gasteiger partial charge in [-0.15, -0.1) is 0 Å². The normalized spacial score (nSPS) is 23.1. The van der Waals surface area contributed by atoms with Gasteiger partial charge >= 0.3 is 0 Å². The maximum atomic E-state index is 4.63. The molecule has 2 nitrogen and oxygen atoms in total. The van der Waals surface area contributed by atoms with Crippen molar-refractivity contribution in [1.29, 1.82) is 0 Å². The molecule has 0 radical (unpaired) electrons. The molecule has 3 heteroatoms. The Hall–Kier alpha value is -0.180. The molecule has 0 bridgehead atoms. The summed E-state index contributed by atoms with van der Waals surface area (Å²) < 4.78 is 0. The Labute approximate surface area is 111 Å². The summed E-state index contributed by atoms with van der Waals surface area (Å²) in [6, 6.07) is 0.612. The van der Waals surface area contributed by atoms with Crippen LogP contribution in [0.4, 0.5) is 0 Å². The second kappa shape index (κ2) is 8.84. The van der Waals surface area contributed by atoms with E-state index in [0.29, 0.717) is 6.04 Å². The summed E-state index contributed by atoms with van der Waals surface area (Å²) in [6.07, 6.45) is 7.99. The van der Waals surface area contributed by atoms with E-state index in [4.69, 9.17) is 0 Å². The number of rotatable bonds is 7. The van der Waals surface area contributed by atoms with Crippen molar-refractivity contribution in [2.45, 2.75) is 65.3 Å². The van der Waals surface area contributed by atoms with Crippen molar-refractivity contribution in [2.24, 2.45) is 10.9 Å². The molecule has 1 heterocycles. The Balaban J connectivity index is 1.97. The molecule has 1 aliphatic rings. The van der Waals surface area contributed by atoms with Crippen molar-refractivity contribution < 1.29 is 0 Å². The van der Waals surface area contributed by atoms with E-state index in [-0.39, 0.29) is 0 Å². The quantitative estimate of drug-likeness (QED) is 0.695. The molecule has 17 heavy (non-hydrogen) atoms. The molecule has 1 aliphatic heterocycles. The highest BCUT2D eigenvalue weighted by Crippen LogP contribution is 2.14. The molecule has 0 aromatic carbocycles. The first-order chi connectivity index (χ1) is 8.18. The summed E-state index contributed by atoms with van der Waals surface area (Å²) in [5.41, 5.74) is 0. The lowest BCUT2D eigenvalue weighted by Crippen LogP contribution is -2.35. The molecule has 0 saturated carbocycles. The first kappa shape index (κ1) is 14.9. The predicted octanol–water partition coefficient (Wildman–Crippen LogP) is 4.06. The fourth-order valence-corrected chi connectivity index (χ4v) is 3.08. The van der Waals surface area contributed by atoms with Gasteiger partial charge in [-0.25, -0.2) is 0 Å². The average molecular weight is 256 g/mol. The first-order valence-corrected chi connectivity index (χ1v) is 8.11. The van der Waals surface area contributed by atoms with Gasteiger partial charge in [-0.05, 0) is 25.7 Å². The Morgan fingerprint density at radius 1 is 1.29 bits per heavy atom. The minimum Gasteiger partial charge on any atom is -0.362 e. The van der Waals surface area contributed by atoms with Gasteiger partial charge in [0.2, 0.25) is 0 Å². The summed E-state index contributed by atoms with van der Waals surface area (Å²) in [6.45, 7) is 7.85. The summed E-state index contributed by atoms with van der Waals surface area (Å²) in [5, 5.41) is 4.62. The molecule has 100 valence electrons. The summed E-state index contributed by atoms with van der Waals surface area (Å²) >= 11 is 1.88. The summed E-state index contributed by atoms with van der Waals surface area (Å²) in [7, 11) is 0. The van der Waals surface area contributed by atoms with Crippen LogP contribution in [0.5, 0.6) is 0 Å². The van der Waals surface area contributed by atoms with Crippen LogP contribution in [-0.2, 0) is 0 Å². The summed E-state index contributed by atoms with van der Waals surface area (Å²) in [4.78, 5) is 4.63. The van der Waals surface area contributed by atoms with Gasteiger partial charge in [-0.2, -0.15) is 0 Å². The summed E-state index contributed by atoms with van der Waals surface area (Å²) in [5.74, 6) is 2.08. The highest BCUT2D eigenvalue weighted by molar-refractivity contribution is 8.13. The lowest BCUT2D eigenvalue weighted by atomic mass is 10.0. The van der Waals surface area contributed by atoms with Gasteiger partial charge in [0, 0.05) is 18.3 Å². The van der Waals surface area contributed by atoms with Crippen molar-refractivity contribution in [3.05, 3.63) is 0 Å². The van der Waals surface area contributed by atoms with Crippen molar-refractivity contribution in [3.63, 3.8) is 0 Å². The minimum absolute atomic E-state index is 0.612. The van der Waals surface area contributed by atoms with Crippen LogP contribution in [0.15, 0.2) is 4.99 Å². The third-order valence-electron chi connectivity index (χ3n) is 3.10. The molecule has 1 N–H and O–H groups in total. The van der Waals surface area contributed by atoms with Gasteiger partial charge in [-0.1, -0.05) is 51.3 Å². The van der Waals surface area contributed by atoms with E-state index < -0.39 is 0 Å². The van der Waals surface area contributed by atoms with Gasteiger partial charge in [0.05, 0.1) is 0 Å². The minimum atomic E-state index is 0.612. The maximum absolute atomic E-state index is 4.63. The van der Waals surface area contributed by atoms with Crippen LogP contribution in [0, 0.1) is 5.92 Å². The molecule has 1 saturated heterocycles. The van der Waals surface area contributed by atoms with Gasteiger partial charge < -0.3 is 5.32 Å². The molecule has 1 fully saturated rings. The van der Waals surface area contributed by atoms with Crippen LogP contribution in [-0.4, -0.2) is 23.5 Å². The fourth-order valence-electron chi connectivity index (χ4n) is 1.95. The molecular formula is C14H28N2S. The van der Waals surface area contributed by atoms with Crippen molar-refractivity contribution >= 4 is 16.9 Å². The lowest BCUT2D eigenvalue weighted by molar-refractivity contribution is 0.521. The van der Waals surface area contributed by atoms with Crippen LogP contribution in [0.25, 0.3) is 0 Å². The van der Waals surface area contributed by atoms with E-state index in [1.54, 1.807) is 0 Å². The van der Waals surface area contributed by atoms with E-state index in [2.05, 4.69) is 31.1 Å². The lowest BCUT2D eigenvalue weighted by Gasteiger charge is -2.21. The van der Waals surface area contributed by atoms with E-state index in [1.807, 2.05) is 11.8 Å². The zero-order chi connectivity index (χ0) is 12.5. The van der Waals surface area contributed by atoms with Crippen LogP contribution in [0.3, 0.4) is 0 Å². The zero-order valence-corrected chi connectivity index (χ0v) is 12.5. The van der Waals surface area contributed by atoms with Crippen LogP contribution < -0.4 is 5.32 Å². The molecule has 1 rings (SSSR count). The molecular weight excluding hydrogens is 228 g/mol. The Bertz CT molecular complexity index is 226. The first-order valence-electron chi connectivity index (χ1n) is 7.12. The van der Waals surface area contributed by atoms with Crippen molar-refractivity contribution in [2.75, 3.05) is 12.3 Å². The van der Waals surface area contributed by atoms with E-state index in [9.17, 15) is 0 Å². The maximum Gasteiger partial charge on any atom is 0.156 e. The monoisotopic (exact) mass is 256 g/mol. The predicted molar refractivity (Wildman–Crippen MR) is 79.9 cm³/mol. The SMILES string of the molecule is CC(C)CCCCCCN=C1NC(C)CCS1. The third-order valence-corrected chi connectivity index (χ3v) is 4.06. The number of amidine groups is 1. The molecule has 0 spiro atoms. The van der Waals surface area contributed by atoms with Gasteiger partial charge in [-0.3, -0.25) is 4.99 Å². The standard InChI is InChI=1S/C14H28N2S/c1-12(2)8-6-4-5-7-10-15-14-16-13(3)9-11-17-14/h12-13H,4-11H2,1-3H3,(H,15,16). The number of nitrogens with zero attached hydrogens (tertiary/aromatic N) is 1. The van der Waals surface area contributed by atoms with Crippen molar-refractivity contribution in [3.8, 4) is 0 Å². The largest absolute Gasteiger partial charge is 0.362 e. The van der Waals surface area contributed by atoms with Gasteiger partial charge in [0.1, 0.15) is 0 Å². The Kier molecular flexibility index (Phi) is 7.74. The topological polar surface area (TPSA) is 24.4 Å². The molecule has 1 unspecified atom stereocenters. The highest BCUT2D eigenvalue weighted by Gasteiger charge is 2.12. The number of thioether (sulfide) groups is 1. The van der Waals surface area contributed by atoms with Crippen LogP contribution in [0.2, 0.25) is 0 Å². The van der Waals surface area contributed by atoms with E-state index in [1.165, 1.54) is 49.4 Å². The highest BCUT2D eigenvalue weighted by atomic mass is 32.2. The number of nitrogens with one attached hydrogen (secondary N) is 1. The molecule has 0 aromatic rings. The smallest absolute Gasteiger partial charge is 0.156 e. The van der Waals surface area contributed by atoms with Crippen LogP contribution in [0.1, 0.15) is 59.3 Å². The average Bonchev–Trinajstić information content (AvgIpc) is 2.27. The Morgan fingerprint density at radius 3 is 2.76 bits per heavy atom. The number of aliphatic imine (C=N–C) groups is 1. The van der Waals surface area contributed by atoms with E-state index in [0.717, 1.165) is 12.5 Å². The fraction of sp³-hybridized carbons (Fsp3) is 0.929. The Morgan fingerprint density at radius 2 is 2.06 bits per heavy atom. The molecule has 1 atom stereocenters. The number of hydrogen-bond donors (Lipinski definition) is 1. The van der Waals surface area contributed by atoms with Crippen molar-refractivity contribution in [1.82, 2.24) is 5.32 Å². The van der Waals surface area contributed by atoms with Gasteiger partial charge in [0.15, 0.2) is 5.17 Å². The second-order valence-electron chi connectivity index (χ2n) is 5.47. The zero-order valence-electron chi connectivity index (χ0n) is 11.7. The third kappa shape index (κ3) is 7.69. The second-order valence-corrected chi connectivity index (χ2v) is 6.55. The molecule has 0 aromatic heterocycles.